The molecule has 64 valence electrons. The zero-order chi connectivity index (χ0) is 9.26. The highest BCUT2D eigenvalue weighted by Gasteiger charge is 2.02. The lowest BCUT2D eigenvalue weighted by Gasteiger charge is -1.97. The Bertz CT molecular complexity index is 467. The summed E-state index contributed by atoms with van der Waals surface area (Å²) in [5.74, 6) is -0.515. The fourth-order valence-corrected chi connectivity index (χ4v) is 1.12. The molecule has 0 spiro atoms. The zero-order valence-corrected chi connectivity index (χ0v) is 6.77. The molecule has 2 aromatic rings. The Balaban J connectivity index is 2.69. The third-order valence-corrected chi connectivity index (χ3v) is 1.77. The quantitative estimate of drug-likeness (QED) is 0.691. The SMILES string of the molecule is NC(=O)c1cc2ccncc2cn1. The highest BCUT2D eigenvalue weighted by atomic mass is 16.1. The van der Waals surface area contributed by atoms with Gasteiger partial charge in [-0.1, -0.05) is 0 Å². The van der Waals surface area contributed by atoms with Crippen LogP contribution >= 0.6 is 0 Å². The first kappa shape index (κ1) is 7.67. The molecule has 4 heteroatoms. The van der Waals surface area contributed by atoms with Crippen molar-refractivity contribution in [2.45, 2.75) is 0 Å². The number of nitrogens with zero attached hydrogens (tertiary/aromatic N) is 2. The molecule has 13 heavy (non-hydrogen) atoms. The molecule has 2 heterocycles. The van der Waals surface area contributed by atoms with Crippen LogP contribution in [0, 0.1) is 0 Å². The Hall–Kier alpha value is -1.97. The smallest absolute Gasteiger partial charge is 0.267 e. The van der Waals surface area contributed by atoms with Crippen molar-refractivity contribution in [2.24, 2.45) is 5.73 Å². The van der Waals surface area contributed by atoms with Crippen molar-refractivity contribution in [3.63, 3.8) is 0 Å². The van der Waals surface area contributed by atoms with Crippen molar-refractivity contribution in [2.75, 3.05) is 0 Å². The third kappa shape index (κ3) is 1.33. The second-order valence-corrected chi connectivity index (χ2v) is 2.66. The molecule has 0 radical (unpaired) electrons. The molecule has 0 aliphatic heterocycles. The molecule has 0 aliphatic rings. The molecule has 0 atom stereocenters. The van der Waals surface area contributed by atoms with E-state index in [-0.39, 0.29) is 5.69 Å². The lowest BCUT2D eigenvalue weighted by atomic mass is 10.2. The van der Waals surface area contributed by atoms with E-state index in [1.54, 1.807) is 24.7 Å². The maximum Gasteiger partial charge on any atom is 0.267 e. The number of carbonyl (C=O) groups is 1. The minimum Gasteiger partial charge on any atom is -0.364 e. The molecular formula is C9H7N3O. The molecule has 2 N–H and O–H groups in total. The van der Waals surface area contributed by atoms with E-state index in [4.69, 9.17) is 5.73 Å². The summed E-state index contributed by atoms with van der Waals surface area (Å²) in [6, 6.07) is 3.46. The lowest BCUT2D eigenvalue weighted by molar-refractivity contribution is 0.0996. The fraction of sp³-hybridized carbons (Fsp3) is 0. The summed E-state index contributed by atoms with van der Waals surface area (Å²) < 4.78 is 0. The van der Waals surface area contributed by atoms with E-state index in [1.807, 2.05) is 6.07 Å². The van der Waals surface area contributed by atoms with Crippen molar-refractivity contribution in [1.82, 2.24) is 9.97 Å². The first-order chi connectivity index (χ1) is 6.27. The van der Waals surface area contributed by atoms with Gasteiger partial charge in [0.25, 0.3) is 5.91 Å². The summed E-state index contributed by atoms with van der Waals surface area (Å²) in [5, 5.41) is 1.81. The number of amides is 1. The Labute approximate surface area is 74.4 Å². The van der Waals surface area contributed by atoms with E-state index in [2.05, 4.69) is 9.97 Å². The molecular weight excluding hydrogens is 166 g/mol. The Morgan fingerprint density at radius 1 is 1.31 bits per heavy atom. The number of aromatic nitrogens is 2. The van der Waals surface area contributed by atoms with Gasteiger partial charge in [-0.05, 0) is 17.5 Å². The highest BCUT2D eigenvalue weighted by Crippen LogP contribution is 2.11. The van der Waals surface area contributed by atoms with E-state index < -0.39 is 5.91 Å². The molecule has 0 aliphatic carbocycles. The minimum absolute atomic E-state index is 0.277. The summed E-state index contributed by atoms with van der Waals surface area (Å²) in [6.07, 6.45) is 4.93. The predicted octanol–water partition coefficient (Wildman–Crippen LogP) is 0.729. The third-order valence-electron chi connectivity index (χ3n) is 1.77. The van der Waals surface area contributed by atoms with Crippen molar-refractivity contribution in [1.29, 1.82) is 0 Å². The van der Waals surface area contributed by atoms with Crippen LogP contribution in [-0.2, 0) is 0 Å². The van der Waals surface area contributed by atoms with E-state index in [0.717, 1.165) is 10.8 Å². The van der Waals surface area contributed by atoms with Crippen LogP contribution in [0.1, 0.15) is 10.5 Å². The van der Waals surface area contributed by atoms with Crippen molar-refractivity contribution in [3.8, 4) is 0 Å². The van der Waals surface area contributed by atoms with Gasteiger partial charge in [-0.3, -0.25) is 14.8 Å². The van der Waals surface area contributed by atoms with Crippen LogP contribution in [0.5, 0.6) is 0 Å². The molecule has 0 aromatic carbocycles. The Kier molecular flexibility index (Phi) is 1.66. The van der Waals surface area contributed by atoms with Crippen LogP contribution in [0.3, 0.4) is 0 Å². The van der Waals surface area contributed by atoms with Gasteiger partial charge in [0, 0.05) is 24.0 Å². The van der Waals surface area contributed by atoms with E-state index in [1.165, 1.54) is 0 Å². The van der Waals surface area contributed by atoms with E-state index in [0.29, 0.717) is 0 Å². The number of fused-ring (bicyclic) bond motifs is 1. The second-order valence-electron chi connectivity index (χ2n) is 2.66. The highest BCUT2D eigenvalue weighted by molar-refractivity contribution is 5.94. The number of hydrogen-bond donors (Lipinski definition) is 1. The van der Waals surface area contributed by atoms with Gasteiger partial charge in [0.05, 0.1) is 0 Å². The second kappa shape index (κ2) is 2.82. The monoisotopic (exact) mass is 173 g/mol. The molecule has 0 fully saturated rings. The molecule has 0 saturated carbocycles. The largest absolute Gasteiger partial charge is 0.364 e. The number of primary amides is 1. The number of rotatable bonds is 1. The van der Waals surface area contributed by atoms with Crippen molar-refractivity contribution in [3.05, 3.63) is 36.4 Å². The van der Waals surface area contributed by atoms with Crippen molar-refractivity contribution >= 4 is 16.7 Å². The fourth-order valence-electron chi connectivity index (χ4n) is 1.12. The molecule has 2 aromatic heterocycles. The van der Waals surface area contributed by atoms with Crippen LogP contribution < -0.4 is 5.73 Å². The van der Waals surface area contributed by atoms with Crippen molar-refractivity contribution < 1.29 is 4.79 Å². The average molecular weight is 173 g/mol. The number of hydrogen-bond acceptors (Lipinski definition) is 3. The van der Waals surface area contributed by atoms with Crippen LogP contribution in [0.15, 0.2) is 30.7 Å². The van der Waals surface area contributed by atoms with Gasteiger partial charge in [-0.2, -0.15) is 0 Å². The average Bonchev–Trinajstić information content (AvgIpc) is 2.17. The topological polar surface area (TPSA) is 68.9 Å². The van der Waals surface area contributed by atoms with Gasteiger partial charge in [-0.25, -0.2) is 0 Å². The van der Waals surface area contributed by atoms with Gasteiger partial charge >= 0.3 is 0 Å². The van der Waals surface area contributed by atoms with Crippen LogP contribution in [0.25, 0.3) is 10.8 Å². The first-order valence-electron chi connectivity index (χ1n) is 3.77. The van der Waals surface area contributed by atoms with Gasteiger partial charge in [-0.15, -0.1) is 0 Å². The summed E-state index contributed by atoms with van der Waals surface area (Å²) in [4.78, 5) is 18.6. The lowest BCUT2D eigenvalue weighted by Crippen LogP contribution is -2.12. The molecule has 1 amide bonds. The van der Waals surface area contributed by atoms with Crippen LogP contribution in [0.2, 0.25) is 0 Å². The number of carbonyl (C=O) groups excluding carboxylic acids is 1. The summed E-state index contributed by atoms with van der Waals surface area (Å²) in [6.45, 7) is 0. The van der Waals surface area contributed by atoms with Gasteiger partial charge in [0.15, 0.2) is 0 Å². The summed E-state index contributed by atoms with van der Waals surface area (Å²) in [5.41, 5.74) is 5.36. The molecule has 4 nitrogen and oxygen atoms in total. The van der Waals surface area contributed by atoms with Crippen LogP contribution in [0.4, 0.5) is 0 Å². The van der Waals surface area contributed by atoms with E-state index in [9.17, 15) is 4.79 Å². The molecule has 0 unspecified atom stereocenters. The first-order valence-corrected chi connectivity index (χ1v) is 3.77. The normalized spacial score (nSPS) is 10.2. The maximum atomic E-state index is 10.8. The minimum atomic E-state index is -0.515. The Morgan fingerprint density at radius 3 is 2.92 bits per heavy atom. The molecule has 0 saturated heterocycles. The maximum absolute atomic E-state index is 10.8. The molecule has 0 bridgehead atoms. The van der Waals surface area contributed by atoms with Gasteiger partial charge < -0.3 is 5.73 Å². The molecule has 2 rings (SSSR count). The summed E-state index contributed by atoms with van der Waals surface area (Å²) in [7, 11) is 0. The van der Waals surface area contributed by atoms with Gasteiger partial charge in [0.2, 0.25) is 0 Å². The standard InChI is InChI=1S/C9H7N3O/c10-9(13)8-3-6-1-2-11-4-7(6)5-12-8/h1-5H,(H2,10,13). The number of nitrogens with two attached hydrogens (primary N) is 1. The predicted molar refractivity (Wildman–Crippen MR) is 48.1 cm³/mol. The van der Waals surface area contributed by atoms with Gasteiger partial charge in [0.1, 0.15) is 5.69 Å². The van der Waals surface area contributed by atoms with Crippen LogP contribution in [-0.4, -0.2) is 15.9 Å². The Morgan fingerprint density at radius 2 is 2.15 bits per heavy atom. The summed E-state index contributed by atoms with van der Waals surface area (Å²) >= 11 is 0. The zero-order valence-electron chi connectivity index (χ0n) is 6.77. The van der Waals surface area contributed by atoms with E-state index >= 15 is 0 Å². The number of pyridine rings is 2.